The Balaban J connectivity index is 2.54. The first kappa shape index (κ1) is 17.5. The second kappa shape index (κ2) is 6.74. The van der Waals surface area contributed by atoms with E-state index in [-0.39, 0.29) is 12.6 Å². The molecule has 0 fully saturated rings. The number of ether oxygens (including phenoxy) is 2. The van der Waals surface area contributed by atoms with E-state index < -0.39 is 17.6 Å². The fraction of sp³-hybridized carbons (Fsp3) is 0.526. The summed E-state index contributed by atoms with van der Waals surface area (Å²) in [6.45, 7) is 5.67. The average molecular weight is 316 g/mol. The lowest BCUT2D eigenvalue weighted by Gasteiger charge is -2.33. The summed E-state index contributed by atoms with van der Waals surface area (Å²) in [4.78, 5) is 12.2. The van der Waals surface area contributed by atoms with Crippen LogP contribution in [0.5, 0.6) is 0 Å². The predicted molar refractivity (Wildman–Crippen MR) is 87.8 cm³/mol. The molecule has 2 atom stereocenters. The van der Waals surface area contributed by atoms with Crippen molar-refractivity contribution in [1.82, 2.24) is 0 Å². The Morgan fingerprint density at radius 1 is 1.52 bits per heavy atom. The van der Waals surface area contributed by atoms with E-state index in [1.807, 2.05) is 19.1 Å². The van der Waals surface area contributed by atoms with Crippen LogP contribution >= 0.6 is 0 Å². The summed E-state index contributed by atoms with van der Waals surface area (Å²) in [6.07, 6.45) is 5.81. The van der Waals surface area contributed by atoms with Gasteiger partial charge in [-0.3, -0.25) is 4.79 Å². The van der Waals surface area contributed by atoms with Gasteiger partial charge in [-0.05, 0) is 55.9 Å². The number of aryl methyl sites for hydroxylation is 1. The fourth-order valence-electron chi connectivity index (χ4n) is 3.40. The molecule has 1 aliphatic carbocycles. The number of hydrogen-bond acceptors (Lipinski definition) is 4. The number of methoxy groups -OCH3 is 1. The molecule has 0 heterocycles. The molecular weight excluding hydrogens is 292 g/mol. The van der Waals surface area contributed by atoms with Crippen LogP contribution in [0.1, 0.15) is 54.7 Å². The van der Waals surface area contributed by atoms with Gasteiger partial charge in [-0.15, -0.1) is 6.42 Å². The molecule has 0 bridgehead atoms. The molecular formula is C19H24O4. The number of esters is 1. The first-order chi connectivity index (χ1) is 10.8. The molecule has 23 heavy (non-hydrogen) atoms. The maximum atomic E-state index is 12.2. The molecule has 0 aromatic heterocycles. The van der Waals surface area contributed by atoms with Crippen LogP contribution in [0.15, 0.2) is 12.1 Å². The fourth-order valence-corrected chi connectivity index (χ4v) is 3.40. The minimum Gasteiger partial charge on any atom is -0.469 e. The number of terminal acetylenes is 1. The van der Waals surface area contributed by atoms with E-state index in [2.05, 4.69) is 5.92 Å². The highest BCUT2D eigenvalue weighted by Gasteiger charge is 2.42. The molecule has 4 nitrogen and oxygen atoms in total. The minimum atomic E-state index is -0.887. The Labute approximate surface area is 137 Å². The molecule has 0 aliphatic heterocycles. The van der Waals surface area contributed by atoms with E-state index in [9.17, 15) is 9.90 Å². The summed E-state index contributed by atoms with van der Waals surface area (Å²) in [6, 6.07) is 3.93. The highest BCUT2D eigenvalue weighted by Crippen LogP contribution is 2.44. The summed E-state index contributed by atoms with van der Waals surface area (Å²) in [7, 11) is 1.37. The van der Waals surface area contributed by atoms with Crippen LogP contribution in [0.25, 0.3) is 0 Å². The minimum absolute atomic E-state index is 0.107. The Hall–Kier alpha value is -1.83. The summed E-state index contributed by atoms with van der Waals surface area (Å²) < 4.78 is 10.8. The molecule has 1 aliphatic rings. The van der Waals surface area contributed by atoms with E-state index in [1.54, 1.807) is 13.8 Å². The molecule has 0 saturated carbocycles. The van der Waals surface area contributed by atoms with Gasteiger partial charge in [0.1, 0.15) is 6.61 Å². The lowest BCUT2D eigenvalue weighted by Crippen LogP contribution is -2.35. The van der Waals surface area contributed by atoms with Gasteiger partial charge in [0.15, 0.2) is 0 Å². The van der Waals surface area contributed by atoms with E-state index >= 15 is 0 Å². The Morgan fingerprint density at radius 2 is 2.22 bits per heavy atom. The van der Waals surface area contributed by atoms with Crippen LogP contribution in [0.2, 0.25) is 0 Å². The summed E-state index contributed by atoms with van der Waals surface area (Å²) in [5.41, 5.74) is 3.10. The lowest BCUT2D eigenvalue weighted by molar-refractivity contribution is -0.160. The van der Waals surface area contributed by atoms with Gasteiger partial charge in [-0.1, -0.05) is 18.1 Å². The van der Waals surface area contributed by atoms with Crippen molar-refractivity contribution in [3.8, 4) is 12.3 Å². The molecule has 0 saturated heterocycles. The molecule has 2 rings (SSSR count). The van der Waals surface area contributed by atoms with Gasteiger partial charge < -0.3 is 14.6 Å². The number of aliphatic hydroxyl groups is 1. The van der Waals surface area contributed by atoms with Gasteiger partial charge in [-0.2, -0.15) is 0 Å². The molecule has 1 aromatic rings. The van der Waals surface area contributed by atoms with Crippen molar-refractivity contribution in [3.05, 3.63) is 34.4 Å². The zero-order chi connectivity index (χ0) is 17.2. The smallest absolute Gasteiger partial charge is 0.314 e. The van der Waals surface area contributed by atoms with Crippen molar-refractivity contribution in [3.63, 3.8) is 0 Å². The van der Waals surface area contributed by atoms with Crippen LogP contribution in [0.3, 0.4) is 0 Å². The van der Waals surface area contributed by atoms with Crippen LogP contribution in [-0.2, 0) is 20.7 Å². The Morgan fingerprint density at radius 3 is 2.83 bits per heavy atom. The first-order valence-electron chi connectivity index (χ1n) is 7.78. The molecule has 124 valence electrons. The van der Waals surface area contributed by atoms with Gasteiger partial charge in [0.2, 0.25) is 0 Å². The molecule has 0 spiro atoms. The molecule has 0 radical (unpaired) electrons. The molecule has 4 heteroatoms. The second-order valence-corrected chi connectivity index (χ2v) is 6.53. The summed E-state index contributed by atoms with van der Waals surface area (Å²) in [5, 5.41) is 10.2. The largest absolute Gasteiger partial charge is 0.469 e. The van der Waals surface area contributed by atoms with Gasteiger partial charge in [0.05, 0.1) is 24.7 Å². The third-order valence-electron chi connectivity index (χ3n) is 4.60. The van der Waals surface area contributed by atoms with E-state index in [0.717, 1.165) is 28.7 Å². The highest BCUT2D eigenvalue weighted by molar-refractivity contribution is 5.77. The van der Waals surface area contributed by atoms with Crippen LogP contribution in [-0.4, -0.2) is 24.8 Å². The average Bonchev–Trinajstić information content (AvgIpc) is 2.91. The van der Waals surface area contributed by atoms with E-state index in [1.165, 1.54) is 7.11 Å². The predicted octanol–water partition coefficient (Wildman–Crippen LogP) is 2.86. The standard InChI is InChI=1S/C19H24O4/c1-6-11-23-17(19(3,4)18(21)22-5)14-8-7-12(2)16-13(14)9-10-15(16)20/h1,7-8,15,17,20H,9-11H2,2-5H3. The number of hydrogen-bond donors (Lipinski definition) is 1. The van der Waals surface area contributed by atoms with Crippen molar-refractivity contribution in [1.29, 1.82) is 0 Å². The molecule has 2 unspecified atom stereocenters. The lowest BCUT2D eigenvalue weighted by atomic mass is 9.79. The Bertz CT molecular complexity index is 640. The van der Waals surface area contributed by atoms with Crippen molar-refractivity contribution in [2.45, 2.75) is 45.8 Å². The third kappa shape index (κ3) is 3.12. The SMILES string of the molecule is C#CCOC(c1ccc(C)c2c1CCC2O)C(C)(C)C(=O)OC. The second-order valence-electron chi connectivity index (χ2n) is 6.53. The highest BCUT2D eigenvalue weighted by atomic mass is 16.5. The third-order valence-corrected chi connectivity index (χ3v) is 4.60. The number of carbonyl (C=O) groups is 1. The maximum Gasteiger partial charge on any atom is 0.314 e. The number of fused-ring (bicyclic) bond motifs is 1. The molecule has 1 N–H and O–H groups in total. The van der Waals surface area contributed by atoms with Crippen LogP contribution in [0, 0.1) is 24.7 Å². The van der Waals surface area contributed by atoms with Crippen molar-refractivity contribution >= 4 is 5.97 Å². The first-order valence-corrected chi connectivity index (χ1v) is 7.78. The zero-order valence-corrected chi connectivity index (χ0v) is 14.2. The van der Waals surface area contributed by atoms with Gasteiger partial charge >= 0.3 is 5.97 Å². The van der Waals surface area contributed by atoms with Gasteiger partial charge in [-0.25, -0.2) is 0 Å². The van der Waals surface area contributed by atoms with E-state index in [4.69, 9.17) is 15.9 Å². The Kier molecular flexibility index (Phi) is 5.13. The number of carbonyl (C=O) groups excluding carboxylic acids is 1. The summed E-state index contributed by atoms with van der Waals surface area (Å²) in [5.74, 6) is 2.11. The van der Waals surface area contributed by atoms with Gasteiger partial charge in [0, 0.05) is 0 Å². The number of aliphatic hydroxyl groups excluding tert-OH is 1. The molecule has 1 aromatic carbocycles. The van der Waals surface area contributed by atoms with Gasteiger partial charge in [0.25, 0.3) is 0 Å². The number of rotatable bonds is 5. The van der Waals surface area contributed by atoms with Crippen molar-refractivity contribution in [2.75, 3.05) is 13.7 Å². The van der Waals surface area contributed by atoms with Crippen molar-refractivity contribution in [2.24, 2.45) is 5.41 Å². The van der Waals surface area contributed by atoms with Crippen LogP contribution in [0.4, 0.5) is 0 Å². The summed E-state index contributed by atoms with van der Waals surface area (Å²) >= 11 is 0. The normalized spacial score (nSPS) is 18.2. The quantitative estimate of drug-likeness (QED) is 0.670. The number of benzene rings is 1. The van der Waals surface area contributed by atoms with E-state index in [0.29, 0.717) is 6.42 Å². The maximum absolute atomic E-state index is 12.2. The molecule has 0 amide bonds. The topological polar surface area (TPSA) is 55.8 Å². The monoisotopic (exact) mass is 316 g/mol. The zero-order valence-electron chi connectivity index (χ0n) is 14.2. The van der Waals surface area contributed by atoms with Crippen molar-refractivity contribution < 1.29 is 19.4 Å². The van der Waals surface area contributed by atoms with Crippen LogP contribution < -0.4 is 0 Å².